The summed E-state index contributed by atoms with van der Waals surface area (Å²) >= 11 is 0. The van der Waals surface area contributed by atoms with Gasteiger partial charge in [0.25, 0.3) is 0 Å². The van der Waals surface area contributed by atoms with Crippen molar-refractivity contribution in [2.24, 2.45) is 0 Å². The lowest BCUT2D eigenvalue weighted by Gasteiger charge is -2.25. The first-order chi connectivity index (χ1) is 12.8. The van der Waals surface area contributed by atoms with Gasteiger partial charge in [-0.2, -0.15) is 0 Å². The predicted molar refractivity (Wildman–Crippen MR) is 105 cm³/mol. The van der Waals surface area contributed by atoms with Crippen LogP contribution in [0.5, 0.6) is 0 Å². The molecule has 0 unspecified atom stereocenters. The Hall–Kier alpha value is -2.72. The smallest absolute Gasteiger partial charge is 0.133 e. The van der Waals surface area contributed by atoms with Crippen LogP contribution in [0.15, 0.2) is 60.7 Å². The third kappa shape index (κ3) is 3.75. The van der Waals surface area contributed by atoms with Gasteiger partial charge < -0.3 is 10.6 Å². The van der Waals surface area contributed by atoms with Crippen molar-refractivity contribution in [2.75, 3.05) is 11.9 Å². The van der Waals surface area contributed by atoms with Gasteiger partial charge in [-0.05, 0) is 37.4 Å². The van der Waals surface area contributed by atoms with Crippen LogP contribution in [0.2, 0.25) is 0 Å². The molecule has 0 spiro atoms. The maximum atomic E-state index is 4.74. The van der Waals surface area contributed by atoms with Crippen LogP contribution in [-0.2, 0) is 19.4 Å². The number of hydrogen-bond donors (Lipinski definition) is 2. The Bertz CT molecular complexity index is 862. The van der Waals surface area contributed by atoms with Gasteiger partial charge in [0, 0.05) is 12.1 Å². The molecule has 3 aromatic rings. The van der Waals surface area contributed by atoms with Gasteiger partial charge in [0.05, 0.1) is 11.7 Å². The normalized spacial score (nSPS) is 14.5. The molecule has 0 radical (unpaired) electrons. The molecule has 0 aliphatic carbocycles. The third-order valence-electron chi connectivity index (χ3n) is 4.84. The molecule has 2 N–H and O–H groups in total. The second kappa shape index (κ2) is 7.67. The highest BCUT2D eigenvalue weighted by atomic mass is 15.1. The lowest BCUT2D eigenvalue weighted by molar-refractivity contribution is 0.618. The van der Waals surface area contributed by atoms with E-state index in [1.165, 1.54) is 16.7 Å². The van der Waals surface area contributed by atoms with Crippen molar-refractivity contribution in [3.63, 3.8) is 0 Å². The van der Waals surface area contributed by atoms with Crippen molar-refractivity contribution < 1.29 is 0 Å². The molecule has 1 atom stereocenters. The van der Waals surface area contributed by atoms with Crippen LogP contribution in [0.25, 0.3) is 0 Å². The maximum Gasteiger partial charge on any atom is 0.133 e. The summed E-state index contributed by atoms with van der Waals surface area (Å²) in [5, 5.41) is 7.14. The molecule has 1 aromatic heterocycles. The summed E-state index contributed by atoms with van der Waals surface area (Å²) in [5.41, 5.74) is 4.96. The number of fused-ring (bicyclic) bond motifs is 1. The van der Waals surface area contributed by atoms with Crippen molar-refractivity contribution in [2.45, 2.75) is 32.4 Å². The van der Waals surface area contributed by atoms with Gasteiger partial charge in [-0.3, -0.25) is 0 Å². The molecule has 0 amide bonds. The van der Waals surface area contributed by atoms with Crippen LogP contribution in [0, 0.1) is 6.92 Å². The first kappa shape index (κ1) is 16.7. The number of rotatable bonds is 5. The second-order valence-corrected chi connectivity index (χ2v) is 6.77. The van der Waals surface area contributed by atoms with E-state index in [9.17, 15) is 0 Å². The quantitative estimate of drug-likeness (QED) is 0.739. The monoisotopic (exact) mass is 344 g/mol. The zero-order valence-corrected chi connectivity index (χ0v) is 15.1. The fraction of sp³-hybridized carbons (Fsp3) is 0.273. The van der Waals surface area contributed by atoms with Gasteiger partial charge in [0.1, 0.15) is 11.6 Å². The average Bonchev–Trinajstić information content (AvgIpc) is 2.69. The Balaban J connectivity index is 1.68. The number of aryl methyl sites for hydroxylation is 1. The molecular formula is C22H24N4. The summed E-state index contributed by atoms with van der Waals surface area (Å²) in [6.07, 6.45) is 1.88. The molecule has 2 heterocycles. The van der Waals surface area contributed by atoms with Crippen molar-refractivity contribution in [3.05, 3.63) is 88.9 Å². The van der Waals surface area contributed by atoms with E-state index < -0.39 is 0 Å². The maximum absolute atomic E-state index is 4.74. The van der Waals surface area contributed by atoms with Crippen molar-refractivity contribution >= 4 is 5.82 Å². The van der Waals surface area contributed by atoms with Gasteiger partial charge in [0.15, 0.2) is 0 Å². The number of anilines is 1. The Morgan fingerprint density at radius 3 is 2.50 bits per heavy atom. The second-order valence-electron chi connectivity index (χ2n) is 6.77. The Kier molecular flexibility index (Phi) is 4.93. The van der Waals surface area contributed by atoms with Crippen LogP contribution in [-0.4, -0.2) is 16.5 Å². The number of hydrogen-bond acceptors (Lipinski definition) is 4. The summed E-state index contributed by atoms with van der Waals surface area (Å²) in [6, 6.07) is 21.4. The van der Waals surface area contributed by atoms with E-state index in [0.29, 0.717) is 0 Å². The highest BCUT2D eigenvalue weighted by Gasteiger charge is 2.20. The van der Waals surface area contributed by atoms with Gasteiger partial charge in [-0.1, -0.05) is 60.7 Å². The van der Waals surface area contributed by atoms with E-state index >= 15 is 0 Å². The van der Waals surface area contributed by atoms with Crippen molar-refractivity contribution in [1.29, 1.82) is 0 Å². The number of aromatic nitrogens is 2. The van der Waals surface area contributed by atoms with Crippen LogP contribution in [0.3, 0.4) is 0 Å². The van der Waals surface area contributed by atoms with Gasteiger partial charge in [-0.15, -0.1) is 0 Å². The summed E-state index contributed by atoms with van der Waals surface area (Å²) in [7, 11) is 0. The first-order valence-electron chi connectivity index (χ1n) is 9.22. The highest BCUT2D eigenvalue weighted by Crippen LogP contribution is 2.27. The van der Waals surface area contributed by atoms with Crippen LogP contribution in [0.4, 0.5) is 5.82 Å². The molecule has 0 fully saturated rings. The van der Waals surface area contributed by atoms with E-state index in [2.05, 4.69) is 76.3 Å². The minimum Gasteiger partial charge on any atom is -0.363 e. The number of benzene rings is 2. The van der Waals surface area contributed by atoms with E-state index in [1.807, 2.05) is 6.92 Å². The van der Waals surface area contributed by atoms with Gasteiger partial charge in [0.2, 0.25) is 0 Å². The Morgan fingerprint density at radius 2 is 1.73 bits per heavy atom. The minimum atomic E-state index is 0.173. The third-order valence-corrected chi connectivity index (χ3v) is 4.84. The topological polar surface area (TPSA) is 49.8 Å². The molecule has 4 nitrogen and oxygen atoms in total. The summed E-state index contributed by atoms with van der Waals surface area (Å²) in [5.74, 6) is 1.81. The first-order valence-corrected chi connectivity index (χ1v) is 9.22. The molecule has 0 saturated heterocycles. The fourth-order valence-electron chi connectivity index (χ4n) is 3.55. The summed E-state index contributed by atoms with van der Waals surface area (Å²) in [4.78, 5) is 9.37. The SMILES string of the molecule is Cc1nc2c(c(N[C@H](Cc3ccccc3)c3ccccc3)n1)CCNC2. The summed E-state index contributed by atoms with van der Waals surface area (Å²) in [6.45, 7) is 3.76. The number of nitrogens with zero attached hydrogens (tertiary/aromatic N) is 2. The summed E-state index contributed by atoms with van der Waals surface area (Å²) < 4.78 is 0. The lowest BCUT2D eigenvalue weighted by Crippen LogP contribution is -2.27. The molecule has 4 heteroatoms. The molecule has 2 aromatic carbocycles. The van der Waals surface area contributed by atoms with Crippen LogP contribution < -0.4 is 10.6 Å². The molecule has 132 valence electrons. The molecule has 1 aliphatic heterocycles. The Labute approximate surface area is 154 Å². The molecule has 1 aliphatic rings. The van der Waals surface area contributed by atoms with E-state index in [4.69, 9.17) is 4.98 Å². The van der Waals surface area contributed by atoms with Gasteiger partial charge >= 0.3 is 0 Å². The van der Waals surface area contributed by atoms with E-state index in [1.54, 1.807) is 0 Å². The van der Waals surface area contributed by atoms with E-state index in [0.717, 1.165) is 43.3 Å². The predicted octanol–water partition coefficient (Wildman–Crippen LogP) is 3.83. The van der Waals surface area contributed by atoms with Crippen molar-refractivity contribution in [3.8, 4) is 0 Å². The molecular weight excluding hydrogens is 320 g/mol. The zero-order valence-electron chi connectivity index (χ0n) is 15.1. The molecule has 0 bridgehead atoms. The fourth-order valence-corrected chi connectivity index (χ4v) is 3.55. The largest absolute Gasteiger partial charge is 0.363 e. The van der Waals surface area contributed by atoms with E-state index in [-0.39, 0.29) is 6.04 Å². The number of nitrogens with one attached hydrogen (secondary N) is 2. The molecule has 26 heavy (non-hydrogen) atoms. The highest BCUT2D eigenvalue weighted by molar-refractivity contribution is 5.50. The zero-order chi connectivity index (χ0) is 17.8. The van der Waals surface area contributed by atoms with Crippen LogP contribution in [0.1, 0.15) is 34.3 Å². The average molecular weight is 344 g/mol. The minimum absolute atomic E-state index is 0.173. The van der Waals surface area contributed by atoms with Crippen LogP contribution >= 0.6 is 0 Å². The molecule has 4 rings (SSSR count). The lowest BCUT2D eigenvalue weighted by atomic mass is 9.98. The van der Waals surface area contributed by atoms with Crippen molar-refractivity contribution in [1.82, 2.24) is 15.3 Å². The molecule has 0 saturated carbocycles. The van der Waals surface area contributed by atoms with Gasteiger partial charge in [-0.25, -0.2) is 9.97 Å². The standard InChI is InChI=1S/C22H24N4/c1-16-24-21-15-23-13-12-19(21)22(25-16)26-20(18-10-6-3-7-11-18)14-17-8-4-2-5-9-17/h2-11,20,23H,12-15H2,1H3,(H,24,25,26)/t20-/m1/s1. The Morgan fingerprint density at radius 1 is 1.00 bits per heavy atom.